The number of nitrogens with zero attached hydrogens (tertiary/aromatic N) is 1. The van der Waals surface area contributed by atoms with Crippen molar-refractivity contribution in [1.82, 2.24) is 4.98 Å². The molecular formula is C18H9BrF2N2O. The van der Waals surface area contributed by atoms with Crippen molar-refractivity contribution in [2.45, 2.75) is 0 Å². The lowest BCUT2D eigenvalue weighted by Crippen LogP contribution is -2.13. The maximum absolute atomic E-state index is 14.1. The summed E-state index contributed by atoms with van der Waals surface area (Å²) >= 11 is 3.32. The number of hydrogen-bond donors (Lipinski definition) is 1. The maximum Gasteiger partial charge on any atom is 0.266 e. The largest absolute Gasteiger partial charge is 0.321 e. The molecule has 6 heteroatoms. The van der Waals surface area contributed by atoms with Crippen molar-refractivity contribution in [1.29, 1.82) is 5.26 Å². The molecule has 0 saturated carbocycles. The highest BCUT2D eigenvalue weighted by Crippen LogP contribution is 2.29. The van der Waals surface area contributed by atoms with Crippen molar-refractivity contribution in [3.63, 3.8) is 0 Å². The van der Waals surface area contributed by atoms with Gasteiger partial charge in [-0.15, -0.1) is 0 Å². The number of H-pyrrole nitrogens is 1. The molecule has 0 saturated heterocycles. The van der Waals surface area contributed by atoms with Crippen LogP contribution in [0.1, 0.15) is 5.56 Å². The standard InChI is InChI=1S/C18H9BrF2N2O/c19-11-3-1-10(2-4-11)17-8-13(15(9-22)18(24)23-17)14-7-12(20)5-6-16(14)21/h1-8H,(H,23,24). The van der Waals surface area contributed by atoms with Gasteiger partial charge < -0.3 is 4.98 Å². The Morgan fingerprint density at radius 1 is 1.00 bits per heavy atom. The van der Waals surface area contributed by atoms with E-state index in [2.05, 4.69) is 20.9 Å². The highest BCUT2D eigenvalue weighted by Gasteiger charge is 2.16. The van der Waals surface area contributed by atoms with Crippen molar-refractivity contribution in [2.75, 3.05) is 0 Å². The molecule has 0 spiro atoms. The molecule has 0 bridgehead atoms. The number of aromatic amines is 1. The lowest BCUT2D eigenvalue weighted by molar-refractivity contribution is 0.603. The SMILES string of the molecule is N#Cc1c(-c2cc(F)ccc2F)cc(-c2ccc(Br)cc2)[nH]c1=O. The van der Waals surface area contributed by atoms with Crippen LogP contribution in [0.4, 0.5) is 8.78 Å². The van der Waals surface area contributed by atoms with Crippen molar-refractivity contribution in [2.24, 2.45) is 0 Å². The molecule has 1 aromatic heterocycles. The van der Waals surface area contributed by atoms with Crippen molar-refractivity contribution in [3.05, 3.63) is 80.6 Å². The predicted molar refractivity (Wildman–Crippen MR) is 90.3 cm³/mol. The molecule has 1 heterocycles. The summed E-state index contributed by atoms with van der Waals surface area (Å²) in [5, 5.41) is 9.23. The van der Waals surface area contributed by atoms with Crippen LogP contribution in [0.3, 0.4) is 0 Å². The van der Waals surface area contributed by atoms with E-state index >= 15 is 0 Å². The Morgan fingerprint density at radius 3 is 2.38 bits per heavy atom. The molecule has 3 rings (SSSR count). The number of nitriles is 1. The minimum Gasteiger partial charge on any atom is -0.321 e. The summed E-state index contributed by atoms with van der Waals surface area (Å²) in [4.78, 5) is 14.8. The molecule has 2 aromatic carbocycles. The Bertz CT molecular complexity index is 1020. The maximum atomic E-state index is 14.1. The first-order valence-electron chi connectivity index (χ1n) is 6.88. The fourth-order valence-corrected chi connectivity index (χ4v) is 2.64. The average Bonchev–Trinajstić information content (AvgIpc) is 2.57. The van der Waals surface area contributed by atoms with Gasteiger partial charge in [0.05, 0.1) is 0 Å². The number of benzene rings is 2. The smallest absolute Gasteiger partial charge is 0.266 e. The number of halogens is 3. The average molecular weight is 387 g/mol. The van der Waals surface area contributed by atoms with Crippen LogP contribution >= 0.6 is 15.9 Å². The lowest BCUT2D eigenvalue weighted by Gasteiger charge is -2.09. The number of hydrogen-bond acceptors (Lipinski definition) is 2. The predicted octanol–water partition coefficient (Wildman–Crippen LogP) is 4.62. The van der Waals surface area contributed by atoms with E-state index in [-0.39, 0.29) is 16.7 Å². The molecule has 118 valence electrons. The van der Waals surface area contributed by atoms with Crippen molar-refractivity contribution in [3.8, 4) is 28.5 Å². The van der Waals surface area contributed by atoms with Crippen molar-refractivity contribution >= 4 is 15.9 Å². The zero-order valence-electron chi connectivity index (χ0n) is 12.1. The van der Waals surface area contributed by atoms with Crippen LogP contribution in [0.25, 0.3) is 22.4 Å². The Labute approximate surface area is 144 Å². The minimum atomic E-state index is -0.708. The van der Waals surface area contributed by atoms with E-state index < -0.39 is 17.2 Å². The normalized spacial score (nSPS) is 10.4. The molecular weight excluding hydrogens is 378 g/mol. The molecule has 24 heavy (non-hydrogen) atoms. The Morgan fingerprint density at radius 2 is 1.71 bits per heavy atom. The van der Waals surface area contributed by atoms with Gasteiger partial charge in [0.15, 0.2) is 0 Å². The van der Waals surface area contributed by atoms with Crippen LogP contribution < -0.4 is 5.56 Å². The molecule has 0 aliphatic rings. The first-order chi connectivity index (χ1) is 11.5. The summed E-state index contributed by atoms with van der Waals surface area (Å²) in [6, 6.07) is 13.2. The summed E-state index contributed by atoms with van der Waals surface area (Å²) in [5.74, 6) is -1.36. The van der Waals surface area contributed by atoms with Crippen LogP contribution in [-0.4, -0.2) is 4.98 Å². The third-order valence-corrected chi connectivity index (χ3v) is 4.05. The monoisotopic (exact) mass is 386 g/mol. The molecule has 0 unspecified atom stereocenters. The van der Waals surface area contributed by atoms with Gasteiger partial charge in [-0.3, -0.25) is 4.79 Å². The first kappa shape index (κ1) is 16.1. The minimum absolute atomic E-state index is 0.0520. The highest BCUT2D eigenvalue weighted by atomic mass is 79.9. The van der Waals surface area contributed by atoms with E-state index in [0.717, 1.165) is 22.7 Å². The van der Waals surface area contributed by atoms with Gasteiger partial charge in [0, 0.05) is 21.3 Å². The number of pyridine rings is 1. The van der Waals surface area contributed by atoms with Crippen LogP contribution in [-0.2, 0) is 0 Å². The van der Waals surface area contributed by atoms with E-state index in [0.29, 0.717) is 11.3 Å². The number of aromatic nitrogens is 1. The molecule has 3 nitrogen and oxygen atoms in total. The Kier molecular flexibility index (Phi) is 4.28. The van der Waals surface area contributed by atoms with E-state index in [1.54, 1.807) is 30.3 Å². The summed E-state index contributed by atoms with van der Waals surface area (Å²) in [6.45, 7) is 0. The van der Waals surface area contributed by atoms with Crippen molar-refractivity contribution < 1.29 is 8.78 Å². The van der Waals surface area contributed by atoms with E-state index in [1.165, 1.54) is 6.07 Å². The summed E-state index contributed by atoms with van der Waals surface area (Å²) < 4.78 is 28.5. The van der Waals surface area contributed by atoms with Crippen LogP contribution in [0, 0.1) is 23.0 Å². The second-order valence-corrected chi connectivity index (χ2v) is 5.96. The molecule has 0 atom stereocenters. The Balaban J connectivity index is 2.29. The van der Waals surface area contributed by atoms with Gasteiger partial charge in [-0.1, -0.05) is 28.1 Å². The zero-order valence-corrected chi connectivity index (χ0v) is 13.7. The van der Waals surface area contributed by atoms with E-state index in [4.69, 9.17) is 0 Å². The molecule has 3 aromatic rings. The highest BCUT2D eigenvalue weighted by molar-refractivity contribution is 9.10. The quantitative estimate of drug-likeness (QED) is 0.698. The Hall–Kier alpha value is -2.78. The molecule has 0 aliphatic heterocycles. The van der Waals surface area contributed by atoms with Gasteiger partial charge in [-0.25, -0.2) is 8.78 Å². The van der Waals surface area contributed by atoms with Gasteiger partial charge in [0.2, 0.25) is 0 Å². The molecule has 0 radical (unpaired) electrons. The third kappa shape index (κ3) is 2.99. The van der Waals surface area contributed by atoms with Crippen LogP contribution in [0.5, 0.6) is 0 Å². The summed E-state index contributed by atoms with van der Waals surface area (Å²) in [7, 11) is 0. The summed E-state index contributed by atoms with van der Waals surface area (Å²) in [6.07, 6.45) is 0. The topological polar surface area (TPSA) is 56.6 Å². The third-order valence-electron chi connectivity index (χ3n) is 3.52. The molecule has 0 fully saturated rings. The molecule has 0 amide bonds. The van der Waals surface area contributed by atoms with E-state index in [9.17, 15) is 18.8 Å². The second-order valence-electron chi connectivity index (χ2n) is 5.04. The number of nitrogens with one attached hydrogen (secondary N) is 1. The van der Waals surface area contributed by atoms with Gasteiger partial charge in [-0.2, -0.15) is 5.26 Å². The van der Waals surface area contributed by atoms with Gasteiger partial charge >= 0.3 is 0 Å². The first-order valence-corrected chi connectivity index (χ1v) is 7.67. The van der Waals surface area contributed by atoms with Crippen LogP contribution in [0.15, 0.2) is 57.8 Å². The molecule has 0 aliphatic carbocycles. The second kappa shape index (κ2) is 6.38. The summed E-state index contributed by atoms with van der Waals surface area (Å²) in [5.41, 5.74) is 0.0899. The fraction of sp³-hybridized carbons (Fsp3) is 0. The number of rotatable bonds is 2. The van der Waals surface area contributed by atoms with E-state index in [1.807, 2.05) is 0 Å². The van der Waals surface area contributed by atoms with Gasteiger partial charge in [0.1, 0.15) is 23.3 Å². The zero-order chi connectivity index (χ0) is 17.3. The van der Waals surface area contributed by atoms with Gasteiger partial charge in [-0.05, 0) is 42.0 Å². The van der Waals surface area contributed by atoms with Crippen LogP contribution in [0.2, 0.25) is 0 Å². The van der Waals surface area contributed by atoms with Gasteiger partial charge in [0.25, 0.3) is 5.56 Å². The molecule has 1 N–H and O–H groups in total. The lowest BCUT2D eigenvalue weighted by atomic mass is 9.98. The fourth-order valence-electron chi connectivity index (χ4n) is 2.37.